The Bertz CT molecular complexity index is 428. The molecule has 98 valence electrons. The molecule has 0 aliphatic carbocycles. The molecule has 0 aromatic heterocycles. The summed E-state index contributed by atoms with van der Waals surface area (Å²) in [4.78, 5) is 0. The quantitative estimate of drug-likeness (QED) is 0.887. The molecular weight excluding hydrogens is 253 g/mol. The van der Waals surface area contributed by atoms with E-state index < -0.39 is 5.82 Å². The molecule has 2 nitrogen and oxygen atoms in total. The van der Waals surface area contributed by atoms with E-state index in [0.29, 0.717) is 17.8 Å². The summed E-state index contributed by atoms with van der Waals surface area (Å²) >= 11 is 5.76. The molecule has 1 N–H and O–H groups in total. The predicted octanol–water partition coefficient (Wildman–Crippen LogP) is 3.53. The van der Waals surface area contributed by atoms with Crippen molar-refractivity contribution in [2.24, 2.45) is 0 Å². The van der Waals surface area contributed by atoms with E-state index in [1.165, 1.54) is 25.3 Å². The van der Waals surface area contributed by atoms with Gasteiger partial charge in [-0.1, -0.05) is 18.0 Å². The summed E-state index contributed by atoms with van der Waals surface area (Å²) in [6.45, 7) is 0. The largest absolute Gasteiger partial charge is 0.490 e. The second-order valence-corrected chi connectivity index (χ2v) is 5.69. The highest BCUT2D eigenvalue weighted by Crippen LogP contribution is 2.29. The summed E-state index contributed by atoms with van der Waals surface area (Å²) < 4.78 is 19.0. The van der Waals surface area contributed by atoms with Gasteiger partial charge in [0.15, 0.2) is 0 Å². The minimum absolute atomic E-state index is 0.127. The summed E-state index contributed by atoms with van der Waals surface area (Å²) in [5, 5.41) is 3.75. The zero-order valence-corrected chi connectivity index (χ0v) is 10.9. The van der Waals surface area contributed by atoms with Crippen LogP contribution in [0.5, 0.6) is 5.75 Å². The number of hydrogen-bond donors (Lipinski definition) is 1. The average Bonchev–Trinajstić information content (AvgIpc) is 2.33. The first-order valence-electron chi connectivity index (χ1n) is 6.58. The molecule has 2 aliphatic heterocycles. The molecular formula is C14H17ClFNO. The van der Waals surface area contributed by atoms with E-state index in [1.54, 1.807) is 12.1 Å². The van der Waals surface area contributed by atoms with E-state index in [-0.39, 0.29) is 11.1 Å². The standard InChI is InChI=1S/C14H17ClFNO/c15-13-8-11(4-5-14(13)16)18-12-6-9-2-1-3-10(7-12)17-9/h4-5,8-10,12,17H,1-3,6-7H2. The van der Waals surface area contributed by atoms with E-state index in [4.69, 9.17) is 16.3 Å². The van der Waals surface area contributed by atoms with Crippen molar-refractivity contribution in [3.05, 3.63) is 29.0 Å². The minimum atomic E-state index is -0.397. The summed E-state index contributed by atoms with van der Waals surface area (Å²) in [5.74, 6) is 0.276. The molecule has 2 aliphatic rings. The first-order chi connectivity index (χ1) is 8.70. The molecule has 2 atom stereocenters. The lowest BCUT2D eigenvalue weighted by molar-refractivity contribution is 0.0927. The van der Waals surface area contributed by atoms with Crippen molar-refractivity contribution in [2.75, 3.05) is 0 Å². The Balaban J connectivity index is 1.67. The highest BCUT2D eigenvalue weighted by molar-refractivity contribution is 6.30. The van der Waals surface area contributed by atoms with Gasteiger partial charge in [-0.15, -0.1) is 0 Å². The summed E-state index contributed by atoms with van der Waals surface area (Å²) in [7, 11) is 0. The number of fused-ring (bicyclic) bond motifs is 2. The number of rotatable bonds is 2. The van der Waals surface area contributed by atoms with Gasteiger partial charge in [0.25, 0.3) is 0 Å². The van der Waals surface area contributed by atoms with E-state index >= 15 is 0 Å². The van der Waals surface area contributed by atoms with Crippen LogP contribution in [0.2, 0.25) is 5.02 Å². The van der Waals surface area contributed by atoms with Gasteiger partial charge >= 0.3 is 0 Å². The molecule has 0 amide bonds. The van der Waals surface area contributed by atoms with E-state index in [1.807, 2.05) is 0 Å². The first-order valence-corrected chi connectivity index (χ1v) is 6.96. The monoisotopic (exact) mass is 269 g/mol. The lowest BCUT2D eigenvalue weighted by atomic mass is 9.85. The van der Waals surface area contributed by atoms with Crippen LogP contribution in [-0.4, -0.2) is 18.2 Å². The molecule has 18 heavy (non-hydrogen) atoms. The van der Waals surface area contributed by atoms with Gasteiger partial charge in [0.1, 0.15) is 17.7 Å². The Kier molecular flexibility index (Phi) is 3.44. The fourth-order valence-corrected chi connectivity index (χ4v) is 3.22. The number of nitrogens with one attached hydrogen (secondary N) is 1. The van der Waals surface area contributed by atoms with Crippen molar-refractivity contribution in [1.82, 2.24) is 5.32 Å². The summed E-state index contributed by atoms with van der Waals surface area (Å²) in [6.07, 6.45) is 6.08. The van der Waals surface area contributed by atoms with Crippen LogP contribution in [0.15, 0.2) is 18.2 Å². The Morgan fingerprint density at radius 2 is 1.94 bits per heavy atom. The molecule has 0 radical (unpaired) electrons. The van der Waals surface area contributed by atoms with Gasteiger partial charge in [-0.3, -0.25) is 0 Å². The molecule has 2 fully saturated rings. The smallest absolute Gasteiger partial charge is 0.142 e. The van der Waals surface area contributed by atoms with Crippen molar-refractivity contribution in [3.63, 3.8) is 0 Å². The third-order valence-corrected chi connectivity index (χ3v) is 4.15. The topological polar surface area (TPSA) is 21.3 Å². The van der Waals surface area contributed by atoms with Gasteiger partial charge in [0.05, 0.1) is 5.02 Å². The van der Waals surface area contributed by atoms with E-state index in [2.05, 4.69) is 5.32 Å². The second-order valence-electron chi connectivity index (χ2n) is 5.28. The Morgan fingerprint density at radius 1 is 1.22 bits per heavy atom. The molecule has 1 aromatic carbocycles. The highest BCUT2D eigenvalue weighted by Gasteiger charge is 2.32. The van der Waals surface area contributed by atoms with Crippen LogP contribution in [0, 0.1) is 5.82 Å². The van der Waals surface area contributed by atoms with Crippen LogP contribution in [0.1, 0.15) is 32.1 Å². The maximum atomic E-state index is 13.1. The van der Waals surface area contributed by atoms with E-state index in [0.717, 1.165) is 12.8 Å². The first kappa shape index (κ1) is 12.2. The summed E-state index contributed by atoms with van der Waals surface area (Å²) in [5.41, 5.74) is 0. The Hall–Kier alpha value is -0.800. The number of ether oxygens (including phenoxy) is 1. The zero-order valence-electron chi connectivity index (χ0n) is 10.2. The molecule has 2 saturated heterocycles. The minimum Gasteiger partial charge on any atom is -0.490 e. The predicted molar refractivity (Wildman–Crippen MR) is 69.6 cm³/mol. The van der Waals surface area contributed by atoms with Crippen LogP contribution in [0.4, 0.5) is 4.39 Å². The molecule has 2 unspecified atom stereocenters. The molecule has 1 aromatic rings. The molecule has 3 rings (SSSR count). The second kappa shape index (κ2) is 5.06. The van der Waals surface area contributed by atoms with Gasteiger partial charge in [-0.2, -0.15) is 0 Å². The molecule has 2 bridgehead atoms. The number of halogens is 2. The van der Waals surface area contributed by atoms with Gasteiger partial charge in [0.2, 0.25) is 0 Å². The SMILES string of the molecule is Fc1ccc(OC2CC3CCCC(C2)N3)cc1Cl. The van der Waals surface area contributed by atoms with Gasteiger partial charge in [-0.25, -0.2) is 4.39 Å². The molecule has 0 saturated carbocycles. The third kappa shape index (κ3) is 2.62. The number of benzene rings is 1. The zero-order chi connectivity index (χ0) is 12.5. The van der Waals surface area contributed by atoms with E-state index in [9.17, 15) is 4.39 Å². The van der Waals surface area contributed by atoms with Crippen molar-refractivity contribution in [3.8, 4) is 5.75 Å². The highest BCUT2D eigenvalue weighted by atomic mass is 35.5. The van der Waals surface area contributed by atoms with Gasteiger partial charge in [-0.05, 0) is 37.8 Å². The fraction of sp³-hybridized carbons (Fsp3) is 0.571. The summed E-state index contributed by atoms with van der Waals surface area (Å²) in [6, 6.07) is 5.74. The number of hydrogen-bond acceptors (Lipinski definition) is 2. The van der Waals surface area contributed by atoms with Crippen LogP contribution in [0.3, 0.4) is 0 Å². The normalized spacial score (nSPS) is 31.1. The molecule has 0 spiro atoms. The Labute approximate surface area is 111 Å². The fourth-order valence-electron chi connectivity index (χ4n) is 3.05. The van der Waals surface area contributed by atoms with Gasteiger partial charge < -0.3 is 10.1 Å². The van der Waals surface area contributed by atoms with Gasteiger partial charge in [0, 0.05) is 18.2 Å². The molecule has 4 heteroatoms. The van der Waals surface area contributed by atoms with Crippen molar-refractivity contribution < 1.29 is 9.13 Å². The molecule has 2 heterocycles. The van der Waals surface area contributed by atoms with Crippen molar-refractivity contribution >= 4 is 11.6 Å². The lowest BCUT2D eigenvalue weighted by Crippen LogP contribution is -2.51. The number of piperidine rings is 2. The van der Waals surface area contributed by atoms with Crippen LogP contribution >= 0.6 is 11.6 Å². The van der Waals surface area contributed by atoms with Crippen molar-refractivity contribution in [1.29, 1.82) is 0 Å². The van der Waals surface area contributed by atoms with Crippen molar-refractivity contribution in [2.45, 2.75) is 50.3 Å². The third-order valence-electron chi connectivity index (χ3n) is 3.87. The lowest BCUT2D eigenvalue weighted by Gasteiger charge is -2.40. The Morgan fingerprint density at radius 3 is 2.61 bits per heavy atom. The maximum absolute atomic E-state index is 13.1. The van der Waals surface area contributed by atoms with Crippen LogP contribution in [0.25, 0.3) is 0 Å². The van der Waals surface area contributed by atoms with Crippen LogP contribution < -0.4 is 10.1 Å². The maximum Gasteiger partial charge on any atom is 0.142 e. The average molecular weight is 270 g/mol. The van der Waals surface area contributed by atoms with Crippen LogP contribution in [-0.2, 0) is 0 Å².